The molecule has 314 valence electrons. The summed E-state index contributed by atoms with van der Waals surface area (Å²) in [5.41, 5.74) is 0. The van der Waals surface area contributed by atoms with Gasteiger partial charge in [-0.25, -0.2) is 0 Å². The Bertz CT molecular complexity index is 904. The summed E-state index contributed by atoms with van der Waals surface area (Å²) in [6.45, 7) is 7.65. The van der Waals surface area contributed by atoms with Crippen LogP contribution in [0, 0.1) is 0 Å². The number of carbonyl (C=O) groups is 2. The van der Waals surface area contributed by atoms with Gasteiger partial charge >= 0.3 is 11.9 Å². The minimum absolute atomic E-state index is 0.0735. The molecule has 0 bridgehead atoms. The van der Waals surface area contributed by atoms with Crippen molar-refractivity contribution in [3.8, 4) is 0 Å². The van der Waals surface area contributed by atoms with Crippen LogP contribution in [0.25, 0.3) is 0 Å². The van der Waals surface area contributed by atoms with Gasteiger partial charge in [0.15, 0.2) is 6.10 Å². The van der Waals surface area contributed by atoms with E-state index >= 15 is 0 Å². The molecule has 0 aromatic rings. The van der Waals surface area contributed by atoms with Crippen LogP contribution in [0.1, 0.15) is 226 Å². The molecule has 0 spiro atoms. The first-order valence-corrected chi connectivity index (χ1v) is 23.2. The van der Waals surface area contributed by atoms with Gasteiger partial charge in [-0.2, -0.15) is 0 Å². The van der Waals surface area contributed by atoms with Crippen LogP contribution in [-0.2, 0) is 23.8 Å². The minimum Gasteiger partial charge on any atom is -0.462 e. The van der Waals surface area contributed by atoms with Crippen molar-refractivity contribution < 1.29 is 23.8 Å². The Morgan fingerprint density at radius 1 is 0.426 bits per heavy atom. The van der Waals surface area contributed by atoms with E-state index in [-0.39, 0.29) is 25.2 Å². The van der Waals surface area contributed by atoms with Gasteiger partial charge in [0, 0.05) is 19.4 Å². The van der Waals surface area contributed by atoms with Gasteiger partial charge in [0.2, 0.25) is 0 Å². The average molecular weight is 757 g/mol. The molecule has 0 amide bonds. The zero-order valence-corrected chi connectivity index (χ0v) is 36.0. The van der Waals surface area contributed by atoms with Crippen LogP contribution in [0.2, 0.25) is 0 Å². The molecule has 0 aliphatic heterocycles. The first-order valence-electron chi connectivity index (χ1n) is 23.2. The van der Waals surface area contributed by atoms with Crippen LogP contribution >= 0.6 is 0 Å². The molecule has 0 saturated heterocycles. The van der Waals surface area contributed by atoms with E-state index in [4.69, 9.17) is 14.2 Å². The third kappa shape index (κ3) is 42.6. The largest absolute Gasteiger partial charge is 0.462 e. The van der Waals surface area contributed by atoms with Gasteiger partial charge in [-0.05, 0) is 77.0 Å². The lowest BCUT2D eigenvalue weighted by atomic mass is 10.1. The highest BCUT2D eigenvalue weighted by Crippen LogP contribution is 2.14. The van der Waals surface area contributed by atoms with Crippen LogP contribution in [0.4, 0.5) is 0 Å². The van der Waals surface area contributed by atoms with Crippen molar-refractivity contribution in [1.29, 1.82) is 0 Å². The van der Waals surface area contributed by atoms with Crippen molar-refractivity contribution in [2.45, 2.75) is 232 Å². The maximum absolute atomic E-state index is 12.6. The number of rotatable bonds is 42. The van der Waals surface area contributed by atoms with Crippen molar-refractivity contribution in [3.05, 3.63) is 48.6 Å². The molecule has 0 aliphatic carbocycles. The second-order valence-corrected chi connectivity index (χ2v) is 15.3. The first-order chi connectivity index (χ1) is 26.6. The maximum Gasteiger partial charge on any atom is 0.306 e. The lowest BCUT2D eigenvalue weighted by Gasteiger charge is -2.18. The van der Waals surface area contributed by atoms with Crippen LogP contribution in [0.5, 0.6) is 0 Å². The van der Waals surface area contributed by atoms with Gasteiger partial charge in [-0.3, -0.25) is 9.59 Å². The lowest BCUT2D eigenvalue weighted by molar-refractivity contribution is -0.163. The predicted octanol–water partition coefficient (Wildman–Crippen LogP) is 15.2. The second kappa shape index (κ2) is 45.3. The van der Waals surface area contributed by atoms with Crippen molar-refractivity contribution in [2.24, 2.45) is 0 Å². The summed E-state index contributed by atoms with van der Waals surface area (Å²) >= 11 is 0. The highest BCUT2D eigenvalue weighted by atomic mass is 16.6. The van der Waals surface area contributed by atoms with E-state index in [1.807, 2.05) is 0 Å². The van der Waals surface area contributed by atoms with E-state index in [9.17, 15) is 9.59 Å². The summed E-state index contributed by atoms with van der Waals surface area (Å²) < 4.78 is 17.2. The fraction of sp³-hybridized carbons (Fsp3) is 0.796. The monoisotopic (exact) mass is 757 g/mol. The van der Waals surface area contributed by atoms with Crippen molar-refractivity contribution in [3.63, 3.8) is 0 Å². The summed E-state index contributed by atoms with van der Waals surface area (Å²) in [6, 6.07) is 0. The van der Waals surface area contributed by atoms with E-state index in [1.54, 1.807) is 0 Å². The Labute approximate surface area is 335 Å². The quantitative estimate of drug-likeness (QED) is 0.0353. The van der Waals surface area contributed by atoms with Gasteiger partial charge in [0.05, 0.1) is 6.61 Å². The van der Waals surface area contributed by atoms with E-state index in [2.05, 4.69) is 69.4 Å². The summed E-state index contributed by atoms with van der Waals surface area (Å²) in [5, 5.41) is 0. The minimum atomic E-state index is -0.545. The Hall–Kier alpha value is -2.14. The fourth-order valence-electron chi connectivity index (χ4n) is 6.40. The van der Waals surface area contributed by atoms with Crippen LogP contribution < -0.4 is 0 Å². The molecule has 0 aromatic carbocycles. The molecule has 5 heteroatoms. The van der Waals surface area contributed by atoms with Crippen LogP contribution in [0.3, 0.4) is 0 Å². The highest BCUT2D eigenvalue weighted by Gasteiger charge is 2.17. The standard InChI is InChI=1S/C49H88O5/c1-4-7-10-13-16-18-20-22-23-24-25-26-27-29-30-32-34-36-39-42-48(50)53-46-47(45-52-44-41-38-15-12-9-6-3)54-49(51)43-40-37-35-33-31-28-21-19-17-14-11-8-5-2/h8,11,17,19,22-23,28,31,47H,4-7,9-10,12-16,18,20-21,24-27,29-30,32-46H2,1-3H3/b11-8-,19-17-,23-22-,31-28-. The summed E-state index contributed by atoms with van der Waals surface area (Å²) in [7, 11) is 0. The van der Waals surface area contributed by atoms with E-state index in [0.717, 1.165) is 70.6 Å². The Balaban J connectivity index is 4.10. The van der Waals surface area contributed by atoms with Gasteiger partial charge in [-0.15, -0.1) is 0 Å². The third-order valence-electron chi connectivity index (χ3n) is 9.85. The number of allylic oxidation sites excluding steroid dienone is 8. The Morgan fingerprint density at radius 2 is 0.833 bits per heavy atom. The molecular formula is C49H88O5. The Kier molecular flexibility index (Phi) is 43.5. The lowest BCUT2D eigenvalue weighted by Crippen LogP contribution is -2.30. The molecule has 0 saturated carbocycles. The van der Waals surface area contributed by atoms with E-state index < -0.39 is 6.10 Å². The maximum atomic E-state index is 12.6. The van der Waals surface area contributed by atoms with Gasteiger partial charge in [-0.1, -0.05) is 185 Å². The number of hydrogen-bond acceptors (Lipinski definition) is 5. The van der Waals surface area contributed by atoms with Crippen LogP contribution in [-0.4, -0.2) is 37.9 Å². The number of esters is 2. The molecule has 0 heterocycles. The number of ether oxygens (including phenoxy) is 3. The number of unbranched alkanes of at least 4 members (excludes halogenated alkanes) is 23. The molecule has 1 atom stereocenters. The van der Waals surface area contributed by atoms with Crippen molar-refractivity contribution in [2.75, 3.05) is 19.8 Å². The summed E-state index contributed by atoms with van der Waals surface area (Å²) in [6.07, 6.45) is 54.1. The summed E-state index contributed by atoms with van der Waals surface area (Å²) in [4.78, 5) is 25.2. The van der Waals surface area contributed by atoms with E-state index in [0.29, 0.717) is 19.4 Å². The smallest absolute Gasteiger partial charge is 0.306 e. The molecule has 0 N–H and O–H groups in total. The third-order valence-corrected chi connectivity index (χ3v) is 9.85. The number of hydrogen-bond donors (Lipinski definition) is 0. The zero-order chi connectivity index (χ0) is 39.3. The molecule has 0 radical (unpaired) electrons. The molecular weight excluding hydrogens is 669 g/mol. The molecule has 0 rings (SSSR count). The first kappa shape index (κ1) is 51.9. The fourth-order valence-corrected chi connectivity index (χ4v) is 6.40. The topological polar surface area (TPSA) is 61.8 Å². The molecule has 0 aliphatic rings. The van der Waals surface area contributed by atoms with Crippen molar-refractivity contribution >= 4 is 11.9 Å². The second-order valence-electron chi connectivity index (χ2n) is 15.3. The van der Waals surface area contributed by atoms with Gasteiger partial charge < -0.3 is 14.2 Å². The van der Waals surface area contributed by atoms with E-state index in [1.165, 1.54) is 122 Å². The molecule has 5 nitrogen and oxygen atoms in total. The van der Waals surface area contributed by atoms with Gasteiger partial charge in [0.25, 0.3) is 0 Å². The molecule has 0 fully saturated rings. The number of carbonyl (C=O) groups excluding carboxylic acids is 2. The molecule has 0 aromatic heterocycles. The normalized spacial score (nSPS) is 12.6. The SMILES string of the molecule is CC/C=C\C/C=C\C/C=C\CCCCCC(=O)OC(COCCCCCCCC)COC(=O)CCCCCCCCCCC/C=C\CCCCCCCC. The molecule has 1 unspecified atom stereocenters. The average Bonchev–Trinajstić information content (AvgIpc) is 3.17. The van der Waals surface area contributed by atoms with Crippen LogP contribution in [0.15, 0.2) is 48.6 Å². The zero-order valence-electron chi connectivity index (χ0n) is 36.0. The Morgan fingerprint density at radius 3 is 1.37 bits per heavy atom. The van der Waals surface area contributed by atoms with Gasteiger partial charge in [0.1, 0.15) is 6.61 Å². The predicted molar refractivity (Wildman–Crippen MR) is 233 cm³/mol. The van der Waals surface area contributed by atoms with Crippen molar-refractivity contribution in [1.82, 2.24) is 0 Å². The summed E-state index contributed by atoms with van der Waals surface area (Å²) in [5.74, 6) is -0.433. The molecule has 54 heavy (non-hydrogen) atoms. The highest BCUT2D eigenvalue weighted by molar-refractivity contribution is 5.70.